The number of aromatic nitrogens is 7. The Morgan fingerprint density at radius 1 is 0.927 bits per heavy atom. The summed E-state index contributed by atoms with van der Waals surface area (Å²) < 4.78 is 8.30. The number of imide groups is 1. The highest BCUT2D eigenvalue weighted by molar-refractivity contribution is 5.99. The molecule has 2 aliphatic heterocycles. The van der Waals surface area contributed by atoms with E-state index < -0.39 is 17.5 Å². The number of carbonyl (C=O) groups excluding carboxylic acids is 3. The number of anilines is 3. The van der Waals surface area contributed by atoms with Crippen molar-refractivity contribution in [2.45, 2.75) is 51.1 Å². The number of carbonyl (C=O) groups is 3. The maximum absolute atomic E-state index is 13.4. The molecule has 0 aliphatic carbocycles. The molecule has 4 aromatic heterocycles. The van der Waals surface area contributed by atoms with Crippen molar-refractivity contribution in [1.29, 1.82) is 0 Å². The Labute approximate surface area is 314 Å². The Hall–Kier alpha value is -6.65. The third-order valence-electron chi connectivity index (χ3n) is 10.1. The molecule has 17 nitrogen and oxygen atoms in total. The van der Waals surface area contributed by atoms with Gasteiger partial charge in [-0.15, -0.1) is 15.3 Å². The number of nitrogens with one attached hydrogen (secondary N) is 3. The maximum Gasteiger partial charge on any atom is 0.280 e. The lowest BCUT2D eigenvalue weighted by Gasteiger charge is -2.36. The van der Waals surface area contributed by atoms with Crippen LogP contribution >= 0.6 is 0 Å². The molecular formula is C38H40N12O5. The van der Waals surface area contributed by atoms with Gasteiger partial charge in [0.05, 0.1) is 18.2 Å². The molecule has 2 aliphatic rings. The van der Waals surface area contributed by atoms with Crippen LogP contribution in [0.4, 0.5) is 17.3 Å². The summed E-state index contributed by atoms with van der Waals surface area (Å²) in [4.78, 5) is 59.3. The Balaban J connectivity index is 0.786. The first-order chi connectivity index (χ1) is 26.9. The minimum Gasteiger partial charge on any atom is -0.467 e. The van der Waals surface area contributed by atoms with E-state index in [2.05, 4.69) is 70.6 Å². The van der Waals surface area contributed by atoms with Crippen LogP contribution in [0.5, 0.6) is 0 Å². The molecule has 1 atom stereocenters. The van der Waals surface area contributed by atoms with Crippen LogP contribution < -0.4 is 26.4 Å². The highest BCUT2D eigenvalue weighted by Crippen LogP contribution is 2.28. The number of benzene rings is 2. The zero-order valence-corrected chi connectivity index (χ0v) is 30.1. The van der Waals surface area contributed by atoms with Crippen LogP contribution in [0.1, 0.15) is 50.3 Å². The van der Waals surface area contributed by atoms with E-state index in [-0.39, 0.29) is 24.7 Å². The van der Waals surface area contributed by atoms with Crippen LogP contribution in [0.25, 0.3) is 27.7 Å². The largest absolute Gasteiger partial charge is 0.467 e. The molecule has 55 heavy (non-hydrogen) atoms. The van der Waals surface area contributed by atoms with Crippen molar-refractivity contribution >= 4 is 51.6 Å². The molecule has 6 heterocycles. The van der Waals surface area contributed by atoms with Crippen LogP contribution in [0.2, 0.25) is 0 Å². The molecule has 0 saturated carbocycles. The molecule has 1 unspecified atom stereocenters. The Morgan fingerprint density at radius 2 is 1.78 bits per heavy atom. The molecule has 6 aromatic rings. The molecule has 2 saturated heterocycles. The summed E-state index contributed by atoms with van der Waals surface area (Å²) in [5, 5.41) is 25.8. The van der Waals surface area contributed by atoms with Gasteiger partial charge in [0, 0.05) is 68.7 Å². The first kappa shape index (κ1) is 35.4. The number of furan rings is 1. The maximum atomic E-state index is 13.4. The van der Waals surface area contributed by atoms with Gasteiger partial charge in [-0.1, -0.05) is 29.8 Å². The summed E-state index contributed by atoms with van der Waals surface area (Å²) in [5.41, 5.74) is 4.24. The van der Waals surface area contributed by atoms with Gasteiger partial charge in [0.25, 0.3) is 11.5 Å². The van der Waals surface area contributed by atoms with Crippen molar-refractivity contribution in [1.82, 2.24) is 44.8 Å². The second-order valence-corrected chi connectivity index (χ2v) is 13.6. The average molecular weight is 745 g/mol. The number of hydrogen-bond donors (Lipinski definition) is 3. The van der Waals surface area contributed by atoms with Gasteiger partial charge in [0.1, 0.15) is 23.6 Å². The highest BCUT2D eigenvalue weighted by Gasteiger charge is 2.30. The van der Waals surface area contributed by atoms with E-state index in [9.17, 15) is 19.2 Å². The highest BCUT2D eigenvalue weighted by atomic mass is 16.3. The van der Waals surface area contributed by atoms with Gasteiger partial charge >= 0.3 is 0 Å². The number of fused-ring (bicyclic) bond motifs is 2. The van der Waals surface area contributed by atoms with Gasteiger partial charge in [-0.05, 0) is 61.2 Å². The molecule has 0 bridgehead atoms. The van der Waals surface area contributed by atoms with E-state index in [1.54, 1.807) is 37.0 Å². The van der Waals surface area contributed by atoms with E-state index in [1.165, 1.54) is 0 Å². The number of nitrogens with zero attached hydrogens (tertiary/aromatic N) is 9. The molecule has 282 valence electrons. The van der Waals surface area contributed by atoms with Gasteiger partial charge in [-0.3, -0.25) is 28.9 Å². The molecule has 17 heteroatoms. The second-order valence-electron chi connectivity index (χ2n) is 13.6. The zero-order chi connectivity index (χ0) is 37.7. The quantitative estimate of drug-likeness (QED) is 0.115. The van der Waals surface area contributed by atoms with Crippen LogP contribution in [0, 0.1) is 0 Å². The second kappa shape index (κ2) is 15.8. The van der Waals surface area contributed by atoms with Crippen LogP contribution in [0.15, 0.2) is 82.6 Å². The molecule has 3 amide bonds. The fourth-order valence-electron chi connectivity index (χ4n) is 7.12. The summed E-state index contributed by atoms with van der Waals surface area (Å²) in [6, 6.07) is 16.5. The number of piperidine rings is 1. The molecule has 3 N–H and O–H groups in total. The van der Waals surface area contributed by atoms with E-state index in [1.807, 2.05) is 21.4 Å². The minimum absolute atomic E-state index is 0.133. The topological polar surface area (TPSA) is 198 Å². The smallest absolute Gasteiger partial charge is 0.280 e. The van der Waals surface area contributed by atoms with Crippen LogP contribution in [-0.2, 0) is 20.9 Å². The van der Waals surface area contributed by atoms with Crippen molar-refractivity contribution in [2.24, 2.45) is 0 Å². The summed E-state index contributed by atoms with van der Waals surface area (Å²) in [7, 11) is 0. The van der Waals surface area contributed by atoms with Crippen molar-refractivity contribution < 1.29 is 18.8 Å². The standard InChI is InChI=1S/C38H40N12O5/c51-32-15-14-31(36(53)43-32)50-37(54)34-29(7-4-8-30(34)44-46-50)39-16-3-1-2-9-33(52)48-19-17-47(18-20-48)26-12-10-25(11-13-26)28-23-41-38(49-24-42-45-35(28)49)40-22-27-6-5-21-55-27/h4-8,10-13,21,23-24,31,39H,1-3,9,14-20,22H2,(H,40,41)(H,43,51,53). The minimum atomic E-state index is -0.884. The van der Waals surface area contributed by atoms with Crippen molar-refractivity contribution in [3.63, 3.8) is 0 Å². The lowest BCUT2D eigenvalue weighted by Crippen LogP contribution is -2.48. The molecule has 8 rings (SSSR count). The van der Waals surface area contributed by atoms with Crippen LogP contribution in [0.3, 0.4) is 0 Å². The monoisotopic (exact) mass is 744 g/mol. The first-order valence-electron chi connectivity index (χ1n) is 18.5. The predicted octanol–water partition coefficient (Wildman–Crippen LogP) is 3.40. The SMILES string of the molecule is O=C1CCC(n2nnc3cccc(NCCCCCC(=O)N4CCN(c5ccc(-c6cnc(NCc7ccco7)n7cnnc67)cc5)CC4)c3c2=O)C(=O)N1. The number of amides is 3. The lowest BCUT2D eigenvalue weighted by atomic mass is 10.1. The average Bonchev–Trinajstić information content (AvgIpc) is 3.93. The number of unbranched alkanes of at least 4 members (excludes halogenated alkanes) is 2. The van der Waals surface area contributed by atoms with Gasteiger partial charge in [0.15, 0.2) is 5.65 Å². The fourth-order valence-corrected chi connectivity index (χ4v) is 7.12. The van der Waals surface area contributed by atoms with Gasteiger partial charge in [-0.25, -0.2) is 4.98 Å². The molecule has 0 spiro atoms. The van der Waals surface area contributed by atoms with E-state index in [0.717, 1.165) is 59.6 Å². The molecule has 2 aromatic carbocycles. The Bertz CT molecular complexity index is 2380. The Morgan fingerprint density at radius 3 is 2.58 bits per heavy atom. The third kappa shape index (κ3) is 7.58. The molecular weight excluding hydrogens is 704 g/mol. The zero-order valence-electron chi connectivity index (χ0n) is 30.1. The van der Waals surface area contributed by atoms with E-state index in [0.29, 0.717) is 60.8 Å². The Kier molecular flexibility index (Phi) is 10.1. The summed E-state index contributed by atoms with van der Waals surface area (Å²) in [5.74, 6) is 0.670. The summed E-state index contributed by atoms with van der Waals surface area (Å²) in [6.45, 7) is 3.93. The van der Waals surface area contributed by atoms with E-state index in [4.69, 9.17) is 4.42 Å². The lowest BCUT2D eigenvalue weighted by molar-refractivity contribution is -0.136. The summed E-state index contributed by atoms with van der Waals surface area (Å²) in [6.07, 6.45) is 8.30. The van der Waals surface area contributed by atoms with Crippen LogP contribution in [-0.4, -0.2) is 89.9 Å². The first-order valence-corrected chi connectivity index (χ1v) is 18.5. The van der Waals surface area contributed by atoms with Gasteiger partial charge < -0.3 is 24.9 Å². The molecule has 2 fully saturated rings. The fraction of sp³-hybridized carbons (Fsp3) is 0.342. The third-order valence-corrected chi connectivity index (χ3v) is 10.1. The normalized spacial score (nSPS) is 16.1. The van der Waals surface area contributed by atoms with Gasteiger partial charge in [0.2, 0.25) is 17.8 Å². The van der Waals surface area contributed by atoms with Crippen molar-refractivity contribution in [2.75, 3.05) is 48.3 Å². The van der Waals surface area contributed by atoms with Crippen molar-refractivity contribution in [3.05, 3.63) is 89.5 Å². The molecule has 0 radical (unpaired) electrons. The number of hydrogen-bond acceptors (Lipinski definition) is 13. The number of rotatable bonds is 13. The van der Waals surface area contributed by atoms with Crippen molar-refractivity contribution in [3.8, 4) is 11.1 Å². The number of piperazine rings is 1. The van der Waals surface area contributed by atoms with Gasteiger partial charge in [-0.2, -0.15) is 4.68 Å². The summed E-state index contributed by atoms with van der Waals surface area (Å²) >= 11 is 0. The van der Waals surface area contributed by atoms with E-state index >= 15 is 0 Å². The predicted molar refractivity (Wildman–Crippen MR) is 203 cm³/mol.